The number of sulfonamides is 1. The number of ether oxygens (including phenoxy) is 2. The largest absolute Gasteiger partial charge is 0.454 e. The van der Waals surface area contributed by atoms with Crippen molar-refractivity contribution in [2.75, 3.05) is 6.79 Å². The first-order valence-electron chi connectivity index (χ1n) is 5.96. The molecule has 0 saturated carbocycles. The molecule has 2 aromatic rings. The van der Waals surface area contributed by atoms with Crippen molar-refractivity contribution in [1.29, 1.82) is 0 Å². The van der Waals surface area contributed by atoms with Gasteiger partial charge in [-0.3, -0.25) is 0 Å². The zero-order valence-corrected chi connectivity index (χ0v) is 11.5. The molecule has 1 aliphatic rings. The van der Waals surface area contributed by atoms with Crippen molar-refractivity contribution < 1.29 is 17.9 Å². The lowest BCUT2D eigenvalue weighted by atomic mass is 10.1. The minimum absolute atomic E-state index is 0.0325. The maximum absolute atomic E-state index is 12.1. The predicted octanol–water partition coefficient (Wildman–Crippen LogP) is 1.18. The molecule has 20 heavy (non-hydrogen) atoms. The average molecular weight is 295 g/mol. The van der Waals surface area contributed by atoms with Crippen LogP contribution in [0.1, 0.15) is 18.5 Å². The molecule has 3 rings (SSSR count). The summed E-state index contributed by atoms with van der Waals surface area (Å²) in [5.74, 6) is 1.28. The van der Waals surface area contributed by atoms with Gasteiger partial charge >= 0.3 is 0 Å². The van der Waals surface area contributed by atoms with Gasteiger partial charge in [0.05, 0.1) is 12.5 Å². The highest BCUT2D eigenvalue weighted by molar-refractivity contribution is 7.89. The number of benzene rings is 1. The number of rotatable bonds is 4. The molecule has 106 valence electrons. The van der Waals surface area contributed by atoms with Crippen LogP contribution in [0.4, 0.5) is 0 Å². The lowest BCUT2D eigenvalue weighted by Crippen LogP contribution is -2.27. The SMILES string of the molecule is CC(NS(=O)(=O)c1cnc[nH]1)c1ccc2c(c1)OCO2. The number of nitrogens with zero attached hydrogens (tertiary/aromatic N) is 1. The van der Waals surface area contributed by atoms with E-state index in [1.54, 1.807) is 25.1 Å². The van der Waals surface area contributed by atoms with Crippen LogP contribution in [0.2, 0.25) is 0 Å². The van der Waals surface area contributed by atoms with E-state index in [-0.39, 0.29) is 11.8 Å². The van der Waals surface area contributed by atoms with Gasteiger partial charge in [0, 0.05) is 6.04 Å². The Morgan fingerprint density at radius 3 is 2.90 bits per heavy atom. The van der Waals surface area contributed by atoms with Crippen molar-refractivity contribution in [2.24, 2.45) is 0 Å². The van der Waals surface area contributed by atoms with Crippen LogP contribution in [0.15, 0.2) is 35.7 Å². The molecular formula is C12H13N3O4S. The molecule has 0 fully saturated rings. The van der Waals surface area contributed by atoms with Gasteiger partial charge in [0.2, 0.25) is 6.79 Å². The van der Waals surface area contributed by atoms with Gasteiger partial charge in [-0.1, -0.05) is 6.07 Å². The molecule has 1 unspecified atom stereocenters. The fourth-order valence-corrected chi connectivity index (χ4v) is 3.07. The van der Waals surface area contributed by atoms with Crippen molar-refractivity contribution in [3.63, 3.8) is 0 Å². The zero-order valence-electron chi connectivity index (χ0n) is 10.7. The lowest BCUT2D eigenvalue weighted by molar-refractivity contribution is 0.174. The predicted molar refractivity (Wildman–Crippen MR) is 69.9 cm³/mol. The zero-order chi connectivity index (χ0) is 14.2. The molecule has 0 spiro atoms. The Morgan fingerprint density at radius 2 is 2.15 bits per heavy atom. The number of nitrogens with one attached hydrogen (secondary N) is 2. The van der Waals surface area contributed by atoms with Gasteiger partial charge in [-0.05, 0) is 24.6 Å². The van der Waals surface area contributed by atoms with Crippen LogP contribution >= 0.6 is 0 Å². The van der Waals surface area contributed by atoms with Gasteiger partial charge in [-0.25, -0.2) is 18.1 Å². The molecule has 1 aromatic carbocycles. The van der Waals surface area contributed by atoms with Crippen molar-refractivity contribution in [2.45, 2.75) is 18.0 Å². The molecule has 0 saturated heterocycles. The van der Waals surface area contributed by atoms with Crippen LogP contribution in [0.3, 0.4) is 0 Å². The van der Waals surface area contributed by atoms with Crippen LogP contribution in [0.25, 0.3) is 0 Å². The molecule has 1 aliphatic heterocycles. The van der Waals surface area contributed by atoms with E-state index in [0.717, 1.165) is 5.56 Å². The Kier molecular flexibility index (Phi) is 3.11. The van der Waals surface area contributed by atoms with Crippen LogP contribution in [0, 0.1) is 0 Å². The summed E-state index contributed by atoms with van der Waals surface area (Å²) < 4.78 is 37.2. The van der Waals surface area contributed by atoms with E-state index in [0.29, 0.717) is 11.5 Å². The molecule has 0 bridgehead atoms. The monoisotopic (exact) mass is 295 g/mol. The van der Waals surface area contributed by atoms with Crippen molar-refractivity contribution in [3.05, 3.63) is 36.3 Å². The molecule has 2 heterocycles. The van der Waals surface area contributed by atoms with Gasteiger partial charge in [-0.2, -0.15) is 0 Å². The minimum Gasteiger partial charge on any atom is -0.454 e. The van der Waals surface area contributed by atoms with Gasteiger partial charge in [-0.15, -0.1) is 0 Å². The van der Waals surface area contributed by atoms with E-state index in [9.17, 15) is 8.42 Å². The summed E-state index contributed by atoms with van der Waals surface area (Å²) in [4.78, 5) is 6.27. The average Bonchev–Trinajstić information content (AvgIpc) is 3.09. The summed E-state index contributed by atoms with van der Waals surface area (Å²) in [5.41, 5.74) is 0.789. The molecule has 8 heteroatoms. The third kappa shape index (κ3) is 2.35. The molecule has 1 atom stereocenters. The standard InChI is InChI=1S/C12H13N3O4S/c1-8(15-20(16,17)12-5-13-6-14-12)9-2-3-10-11(4-9)19-7-18-10/h2-6,8,15H,7H2,1H3,(H,13,14). The summed E-state index contributed by atoms with van der Waals surface area (Å²) in [7, 11) is -3.62. The number of aromatic amines is 1. The van der Waals surface area contributed by atoms with Gasteiger partial charge in [0.15, 0.2) is 16.5 Å². The first-order chi connectivity index (χ1) is 9.56. The molecule has 2 N–H and O–H groups in total. The Labute approximate surface area is 116 Å². The van der Waals surface area contributed by atoms with E-state index in [2.05, 4.69) is 14.7 Å². The number of aromatic nitrogens is 2. The molecule has 1 aromatic heterocycles. The number of hydrogen-bond donors (Lipinski definition) is 2. The first-order valence-corrected chi connectivity index (χ1v) is 7.45. The van der Waals surface area contributed by atoms with Crippen molar-refractivity contribution in [1.82, 2.24) is 14.7 Å². The number of fused-ring (bicyclic) bond motifs is 1. The summed E-state index contributed by atoms with van der Waals surface area (Å²) >= 11 is 0. The second kappa shape index (κ2) is 4.80. The van der Waals surface area contributed by atoms with E-state index < -0.39 is 16.1 Å². The maximum Gasteiger partial charge on any atom is 0.258 e. The van der Waals surface area contributed by atoms with E-state index in [1.165, 1.54) is 12.5 Å². The highest BCUT2D eigenvalue weighted by Crippen LogP contribution is 2.34. The topological polar surface area (TPSA) is 93.3 Å². The fourth-order valence-electron chi connectivity index (χ4n) is 1.94. The lowest BCUT2D eigenvalue weighted by Gasteiger charge is -2.14. The highest BCUT2D eigenvalue weighted by atomic mass is 32.2. The third-order valence-electron chi connectivity index (χ3n) is 2.99. The molecule has 7 nitrogen and oxygen atoms in total. The third-order valence-corrected chi connectivity index (χ3v) is 4.46. The van der Waals surface area contributed by atoms with Crippen molar-refractivity contribution >= 4 is 10.0 Å². The Bertz CT molecular complexity index is 712. The molecule has 0 aliphatic carbocycles. The van der Waals surface area contributed by atoms with Gasteiger partial charge < -0.3 is 14.5 Å². The first kappa shape index (κ1) is 12.9. The Morgan fingerprint density at radius 1 is 1.35 bits per heavy atom. The summed E-state index contributed by atoms with van der Waals surface area (Å²) in [6.07, 6.45) is 2.58. The molecule has 0 amide bonds. The summed E-state index contributed by atoms with van der Waals surface area (Å²) in [5, 5.41) is 0.0325. The van der Waals surface area contributed by atoms with E-state index in [4.69, 9.17) is 9.47 Å². The number of H-pyrrole nitrogens is 1. The molecule has 0 radical (unpaired) electrons. The normalized spacial score (nSPS) is 15.2. The van der Waals surface area contributed by atoms with Crippen molar-refractivity contribution in [3.8, 4) is 11.5 Å². The molecular weight excluding hydrogens is 282 g/mol. The van der Waals surface area contributed by atoms with Crippen LogP contribution < -0.4 is 14.2 Å². The fraction of sp³-hybridized carbons (Fsp3) is 0.250. The smallest absolute Gasteiger partial charge is 0.258 e. The summed E-state index contributed by atoms with van der Waals surface area (Å²) in [6.45, 7) is 1.94. The maximum atomic E-state index is 12.1. The van der Waals surface area contributed by atoms with E-state index >= 15 is 0 Å². The van der Waals surface area contributed by atoms with Crippen LogP contribution in [-0.2, 0) is 10.0 Å². The Hall–Kier alpha value is -2.06. The minimum atomic E-state index is -3.62. The Balaban J connectivity index is 1.81. The summed E-state index contributed by atoms with van der Waals surface area (Å²) in [6, 6.07) is 4.92. The number of hydrogen-bond acceptors (Lipinski definition) is 5. The van der Waals surface area contributed by atoms with Gasteiger partial charge in [0.25, 0.3) is 10.0 Å². The quantitative estimate of drug-likeness (QED) is 0.883. The second-order valence-electron chi connectivity index (χ2n) is 4.37. The second-order valence-corrected chi connectivity index (χ2v) is 6.05. The van der Waals surface area contributed by atoms with E-state index in [1.807, 2.05) is 0 Å². The van der Waals surface area contributed by atoms with Crippen LogP contribution in [0.5, 0.6) is 11.5 Å². The van der Waals surface area contributed by atoms with Gasteiger partial charge in [0.1, 0.15) is 0 Å². The van der Waals surface area contributed by atoms with Crippen LogP contribution in [-0.4, -0.2) is 25.2 Å². The highest BCUT2D eigenvalue weighted by Gasteiger charge is 2.21. The number of imidazole rings is 1.